The number of ether oxygens (including phenoxy) is 1. The van der Waals surface area contributed by atoms with Gasteiger partial charge >= 0.3 is 0 Å². The molecule has 1 atom stereocenters. The first kappa shape index (κ1) is 23.1. The van der Waals surface area contributed by atoms with E-state index in [2.05, 4.69) is 22.4 Å². The SMILES string of the molecule is COc1ccc(N(C)C(=O)C2Cc3cccc(c3)SCc3[nH]c4ccccc4c3CC(=O)N2)cc1. The summed E-state index contributed by atoms with van der Waals surface area (Å²) >= 11 is 1.73. The van der Waals surface area contributed by atoms with E-state index in [0.717, 1.165) is 49.8 Å². The van der Waals surface area contributed by atoms with Crippen LogP contribution in [0.15, 0.2) is 77.7 Å². The molecule has 0 saturated heterocycles. The molecule has 0 aliphatic carbocycles. The number of nitrogens with zero attached hydrogens (tertiary/aromatic N) is 1. The molecule has 178 valence electrons. The van der Waals surface area contributed by atoms with Crippen LogP contribution in [0.25, 0.3) is 10.9 Å². The standard InChI is InChI=1S/C28H27N3O3S/c1-31(19-10-12-20(34-2)13-11-19)28(33)25-15-18-6-5-7-21(14-18)35-17-26-23(16-27(32)30-25)22-8-3-4-9-24(22)29-26/h3-14,25,29H,15-17H2,1-2H3,(H,30,32). The van der Waals surface area contributed by atoms with Crippen molar-refractivity contribution < 1.29 is 14.3 Å². The third-order valence-electron chi connectivity index (χ3n) is 6.38. The van der Waals surface area contributed by atoms with Gasteiger partial charge in [0.05, 0.1) is 13.5 Å². The van der Waals surface area contributed by atoms with Crippen molar-refractivity contribution in [1.82, 2.24) is 10.3 Å². The first-order valence-corrected chi connectivity index (χ1v) is 12.5. The molecule has 0 saturated carbocycles. The zero-order valence-electron chi connectivity index (χ0n) is 19.7. The molecule has 2 heterocycles. The molecule has 0 radical (unpaired) electrons. The maximum Gasteiger partial charge on any atom is 0.249 e. The van der Waals surface area contributed by atoms with Crippen LogP contribution in [0.3, 0.4) is 0 Å². The van der Waals surface area contributed by atoms with Gasteiger partial charge < -0.3 is 19.9 Å². The largest absolute Gasteiger partial charge is 0.497 e. The molecular weight excluding hydrogens is 458 g/mol. The minimum Gasteiger partial charge on any atom is -0.497 e. The number of rotatable bonds is 3. The van der Waals surface area contributed by atoms with Gasteiger partial charge in [-0.05, 0) is 53.6 Å². The van der Waals surface area contributed by atoms with Gasteiger partial charge in [-0.1, -0.05) is 30.3 Å². The smallest absolute Gasteiger partial charge is 0.249 e. The van der Waals surface area contributed by atoms with Crippen molar-refractivity contribution in [2.75, 3.05) is 19.1 Å². The van der Waals surface area contributed by atoms with E-state index in [1.54, 1.807) is 30.8 Å². The zero-order valence-corrected chi connectivity index (χ0v) is 20.5. The number of carbonyl (C=O) groups excluding carboxylic acids is 2. The number of aromatic amines is 1. The summed E-state index contributed by atoms with van der Waals surface area (Å²) < 4.78 is 5.23. The van der Waals surface area contributed by atoms with Crippen molar-refractivity contribution in [2.45, 2.75) is 29.5 Å². The fraction of sp³-hybridized carbons (Fsp3) is 0.214. The number of anilines is 1. The van der Waals surface area contributed by atoms with Crippen molar-refractivity contribution in [3.05, 3.63) is 89.6 Å². The fourth-order valence-corrected chi connectivity index (χ4v) is 5.47. The van der Waals surface area contributed by atoms with Crippen molar-refractivity contribution in [2.24, 2.45) is 0 Å². The van der Waals surface area contributed by atoms with Gasteiger partial charge in [-0.15, -0.1) is 11.8 Å². The molecule has 1 aliphatic rings. The molecule has 7 heteroatoms. The molecule has 2 N–H and O–H groups in total. The molecule has 1 aromatic heterocycles. The average molecular weight is 486 g/mol. The van der Waals surface area contributed by atoms with Crippen LogP contribution >= 0.6 is 11.8 Å². The highest BCUT2D eigenvalue weighted by Crippen LogP contribution is 2.30. The Bertz CT molecular complexity index is 1380. The minimum atomic E-state index is -0.692. The number of amides is 2. The number of likely N-dealkylation sites (N-methyl/N-ethyl adjacent to an activating group) is 1. The van der Waals surface area contributed by atoms with Crippen molar-refractivity contribution in [3.63, 3.8) is 0 Å². The fourth-order valence-electron chi connectivity index (χ4n) is 4.51. The maximum absolute atomic E-state index is 13.6. The normalized spacial score (nSPS) is 15.9. The molecular formula is C28H27N3O3S. The third kappa shape index (κ3) is 4.91. The number of hydrogen-bond acceptors (Lipinski definition) is 4. The highest BCUT2D eigenvalue weighted by molar-refractivity contribution is 7.98. The predicted octanol–water partition coefficient (Wildman–Crippen LogP) is 4.72. The minimum absolute atomic E-state index is 0.167. The number of hydrogen-bond donors (Lipinski definition) is 2. The first-order chi connectivity index (χ1) is 17.0. The Balaban J connectivity index is 1.49. The van der Waals surface area contributed by atoms with Crippen LogP contribution in [-0.2, 0) is 28.2 Å². The van der Waals surface area contributed by atoms with Gasteiger partial charge in [-0.25, -0.2) is 0 Å². The van der Waals surface area contributed by atoms with Crippen LogP contribution < -0.4 is 15.0 Å². The molecule has 1 aliphatic heterocycles. The number of para-hydroxylation sites is 1. The lowest BCUT2D eigenvalue weighted by Crippen LogP contribution is -2.49. The highest BCUT2D eigenvalue weighted by Gasteiger charge is 2.27. The Morgan fingerprint density at radius 3 is 2.66 bits per heavy atom. The van der Waals surface area contributed by atoms with Crippen molar-refractivity contribution in [1.29, 1.82) is 0 Å². The number of carbonyl (C=O) groups is 2. The van der Waals surface area contributed by atoms with Crippen LogP contribution in [0.1, 0.15) is 16.8 Å². The van der Waals surface area contributed by atoms with E-state index < -0.39 is 6.04 Å². The summed E-state index contributed by atoms with van der Waals surface area (Å²) in [5.74, 6) is 1.12. The quantitative estimate of drug-likeness (QED) is 0.441. The summed E-state index contributed by atoms with van der Waals surface area (Å²) in [6.45, 7) is 0. The molecule has 35 heavy (non-hydrogen) atoms. The molecule has 2 amide bonds. The predicted molar refractivity (Wildman–Crippen MR) is 140 cm³/mol. The Morgan fingerprint density at radius 1 is 1.06 bits per heavy atom. The number of H-pyrrole nitrogens is 1. The third-order valence-corrected chi connectivity index (χ3v) is 7.40. The summed E-state index contributed by atoms with van der Waals surface area (Å²) in [7, 11) is 3.34. The monoisotopic (exact) mass is 485 g/mol. The lowest BCUT2D eigenvalue weighted by Gasteiger charge is -2.25. The Hall–Kier alpha value is -3.71. The first-order valence-electron chi connectivity index (χ1n) is 11.5. The van der Waals surface area contributed by atoms with Gasteiger partial charge in [-0.3, -0.25) is 9.59 Å². The number of benzene rings is 3. The van der Waals surface area contributed by atoms with Gasteiger partial charge in [0.15, 0.2) is 0 Å². The lowest BCUT2D eigenvalue weighted by molar-refractivity contribution is -0.127. The number of thioether (sulfide) groups is 1. The summed E-state index contributed by atoms with van der Waals surface area (Å²) in [5, 5.41) is 4.08. The maximum atomic E-state index is 13.6. The highest BCUT2D eigenvalue weighted by atomic mass is 32.2. The van der Waals surface area contributed by atoms with Gasteiger partial charge in [0, 0.05) is 46.4 Å². The summed E-state index contributed by atoms with van der Waals surface area (Å²) in [4.78, 5) is 33.1. The van der Waals surface area contributed by atoms with E-state index in [0.29, 0.717) is 6.42 Å². The van der Waals surface area contributed by atoms with E-state index in [4.69, 9.17) is 4.74 Å². The molecule has 4 aromatic rings. The second-order valence-corrected chi connectivity index (χ2v) is 9.71. The van der Waals surface area contributed by atoms with Crippen molar-refractivity contribution >= 4 is 40.2 Å². The molecule has 2 bridgehead atoms. The van der Waals surface area contributed by atoms with Gasteiger partial charge in [0.2, 0.25) is 11.8 Å². The molecule has 1 unspecified atom stereocenters. The second-order valence-electron chi connectivity index (χ2n) is 8.66. The van der Waals surface area contributed by atoms with Crippen LogP contribution in [0.5, 0.6) is 5.75 Å². The molecule has 0 spiro atoms. The van der Waals surface area contributed by atoms with Gasteiger partial charge in [0.25, 0.3) is 0 Å². The Morgan fingerprint density at radius 2 is 1.86 bits per heavy atom. The average Bonchev–Trinajstić information content (AvgIpc) is 3.23. The number of aromatic nitrogens is 1. The number of nitrogens with one attached hydrogen (secondary N) is 2. The molecule has 5 rings (SSSR count). The van der Waals surface area contributed by atoms with Crippen LogP contribution in [0, 0.1) is 0 Å². The Labute approximate surface area is 208 Å². The summed E-state index contributed by atoms with van der Waals surface area (Å²) in [6.07, 6.45) is 0.629. The number of methoxy groups -OCH3 is 1. The Kier molecular flexibility index (Phi) is 6.51. The zero-order chi connectivity index (χ0) is 24.4. The second kappa shape index (κ2) is 9.88. The summed E-state index contributed by atoms with van der Waals surface area (Å²) in [5.41, 5.74) is 4.78. The van der Waals surface area contributed by atoms with Crippen LogP contribution in [-0.4, -0.2) is 37.0 Å². The molecule has 0 fully saturated rings. The van der Waals surface area contributed by atoms with E-state index in [1.165, 1.54) is 0 Å². The molecule has 6 nitrogen and oxygen atoms in total. The lowest BCUT2D eigenvalue weighted by atomic mass is 10.0. The molecule has 3 aromatic carbocycles. The topological polar surface area (TPSA) is 74.4 Å². The van der Waals surface area contributed by atoms with E-state index >= 15 is 0 Å². The van der Waals surface area contributed by atoms with E-state index in [1.807, 2.05) is 60.7 Å². The van der Waals surface area contributed by atoms with E-state index in [-0.39, 0.29) is 18.2 Å². The van der Waals surface area contributed by atoms with Gasteiger partial charge in [-0.2, -0.15) is 0 Å². The van der Waals surface area contributed by atoms with Crippen LogP contribution in [0.2, 0.25) is 0 Å². The van der Waals surface area contributed by atoms with E-state index in [9.17, 15) is 9.59 Å². The van der Waals surface area contributed by atoms with Gasteiger partial charge in [0.1, 0.15) is 11.8 Å². The summed E-state index contributed by atoms with van der Waals surface area (Å²) in [6, 6.07) is 22.9. The van der Waals surface area contributed by atoms with Crippen LogP contribution in [0.4, 0.5) is 5.69 Å². The number of fused-ring (bicyclic) bond motifs is 5. The van der Waals surface area contributed by atoms with Crippen molar-refractivity contribution in [3.8, 4) is 5.75 Å².